The summed E-state index contributed by atoms with van der Waals surface area (Å²) in [6.45, 7) is 0.872. The SMILES string of the molecule is O=c1n(Cc2ncc(F)cc2Cl)nc2n1CCCC2. The minimum absolute atomic E-state index is 0.156. The third-order valence-electron chi connectivity index (χ3n) is 3.22. The predicted molar refractivity (Wildman–Crippen MR) is 67.7 cm³/mol. The van der Waals surface area contributed by atoms with Gasteiger partial charge in [0.2, 0.25) is 0 Å². The third kappa shape index (κ3) is 2.28. The lowest BCUT2D eigenvalue weighted by molar-refractivity contribution is 0.511. The van der Waals surface area contributed by atoms with E-state index >= 15 is 0 Å². The number of hydrogen-bond donors (Lipinski definition) is 0. The van der Waals surface area contributed by atoms with Gasteiger partial charge < -0.3 is 0 Å². The Hall–Kier alpha value is -1.69. The average molecular weight is 283 g/mol. The first-order valence-corrected chi connectivity index (χ1v) is 6.49. The summed E-state index contributed by atoms with van der Waals surface area (Å²) < 4.78 is 15.9. The molecule has 5 nitrogen and oxygen atoms in total. The van der Waals surface area contributed by atoms with Gasteiger partial charge in [0.15, 0.2) is 0 Å². The van der Waals surface area contributed by atoms with E-state index < -0.39 is 5.82 Å². The molecular formula is C12H12ClFN4O. The van der Waals surface area contributed by atoms with Crippen molar-refractivity contribution in [3.63, 3.8) is 0 Å². The number of nitrogens with zero attached hydrogens (tertiary/aromatic N) is 4. The molecule has 0 saturated heterocycles. The zero-order chi connectivity index (χ0) is 13.4. The average Bonchev–Trinajstić information content (AvgIpc) is 2.70. The lowest BCUT2D eigenvalue weighted by atomic mass is 10.2. The topological polar surface area (TPSA) is 52.7 Å². The van der Waals surface area contributed by atoms with E-state index in [1.54, 1.807) is 4.57 Å². The molecule has 19 heavy (non-hydrogen) atoms. The number of rotatable bonds is 2. The molecule has 1 aliphatic rings. The molecule has 0 N–H and O–H groups in total. The normalized spacial score (nSPS) is 14.4. The first kappa shape index (κ1) is 12.3. The van der Waals surface area contributed by atoms with Gasteiger partial charge in [-0.3, -0.25) is 9.55 Å². The van der Waals surface area contributed by atoms with Crippen LogP contribution in [0.3, 0.4) is 0 Å². The summed E-state index contributed by atoms with van der Waals surface area (Å²) in [6, 6.07) is 1.19. The molecule has 0 radical (unpaired) electrons. The number of aromatic nitrogens is 4. The van der Waals surface area contributed by atoms with Crippen LogP contribution in [0.5, 0.6) is 0 Å². The fourth-order valence-electron chi connectivity index (χ4n) is 2.25. The molecular weight excluding hydrogens is 271 g/mol. The van der Waals surface area contributed by atoms with E-state index in [1.807, 2.05) is 0 Å². The fourth-order valence-corrected chi connectivity index (χ4v) is 2.47. The van der Waals surface area contributed by atoms with Crippen molar-refractivity contribution in [3.05, 3.63) is 45.1 Å². The second-order valence-electron chi connectivity index (χ2n) is 4.55. The van der Waals surface area contributed by atoms with Gasteiger partial charge in [-0.1, -0.05) is 11.6 Å². The molecule has 3 heterocycles. The lowest BCUT2D eigenvalue weighted by Gasteiger charge is -2.09. The number of aryl methyl sites for hydroxylation is 1. The summed E-state index contributed by atoms with van der Waals surface area (Å²) in [5.74, 6) is 0.305. The van der Waals surface area contributed by atoms with Crippen molar-refractivity contribution in [2.75, 3.05) is 0 Å². The molecule has 2 aromatic heterocycles. The monoisotopic (exact) mass is 282 g/mol. The molecule has 3 rings (SSSR count). The van der Waals surface area contributed by atoms with Crippen LogP contribution in [0.2, 0.25) is 5.02 Å². The number of pyridine rings is 1. The van der Waals surface area contributed by atoms with Gasteiger partial charge in [-0.15, -0.1) is 0 Å². The summed E-state index contributed by atoms with van der Waals surface area (Å²) in [5.41, 5.74) is 0.289. The van der Waals surface area contributed by atoms with Crippen molar-refractivity contribution >= 4 is 11.6 Å². The van der Waals surface area contributed by atoms with E-state index in [0.29, 0.717) is 12.2 Å². The maximum Gasteiger partial charge on any atom is 0.346 e. The highest BCUT2D eigenvalue weighted by Crippen LogP contribution is 2.15. The lowest BCUT2D eigenvalue weighted by Crippen LogP contribution is -2.27. The Morgan fingerprint density at radius 3 is 3.00 bits per heavy atom. The van der Waals surface area contributed by atoms with E-state index in [-0.39, 0.29) is 17.3 Å². The van der Waals surface area contributed by atoms with E-state index in [9.17, 15) is 9.18 Å². The largest absolute Gasteiger partial charge is 0.346 e. The number of fused-ring (bicyclic) bond motifs is 1. The van der Waals surface area contributed by atoms with Crippen LogP contribution in [0.4, 0.5) is 4.39 Å². The van der Waals surface area contributed by atoms with Crippen LogP contribution in [0, 0.1) is 5.82 Å². The van der Waals surface area contributed by atoms with Crippen molar-refractivity contribution in [2.45, 2.75) is 32.4 Å². The summed E-state index contributed by atoms with van der Waals surface area (Å²) in [5, 5.41) is 4.49. The van der Waals surface area contributed by atoms with E-state index in [0.717, 1.165) is 31.3 Å². The second-order valence-corrected chi connectivity index (χ2v) is 4.95. The van der Waals surface area contributed by atoms with E-state index in [2.05, 4.69) is 10.1 Å². The van der Waals surface area contributed by atoms with Gasteiger partial charge in [-0.25, -0.2) is 13.9 Å². The van der Waals surface area contributed by atoms with Gasteiger partial charge >= 0.3 is 5.69 Å². The van der Waals surface area contributed by atoms with Gasteiger partial charge in [0.25, 0.3) is 0 Å². The van der Waals surface area contributed by atoms with E-state index in [1.165, 1.54) is 10.7 Å². The van der Waals surface area contributed by atoms with E-state index in [4.69, 9.17) is 11.6 Å². The van der Waals surface area contributed by atoms with Crippen LogP contribution in [-0.4, -0.2) is 19.3 Å². The molecule has 0 bridgehead atoms. The van der Waals surface area contributed by atoms with Crippen molar-refractivity contribution in [1.82, 2.24) is 19.3 Å². The quantitative estimate of drug-likeness (QED) is 0.841. The van der Waals surface area contributed by atoms with Crippen LogP contribution in [0.1, 0.15) is 24.4 Å². The van der Waals surface area contributed by atoms with Gasteiger partial charge in [-0.2, -0.15) is 5.10 Å². The highest BCUT2D eigenvalue weighted by Gasteiger charge is 2.17. The Morgan fingerprint density at radius 1 is 1.42 bits per heavy atom. The summed E-state index contributed by atoms with van der Waals surface area (Å²) in [7, 11) is 0. The Morgan fingerprint density at radius 2 is 2.26 bits per heavy atom. The minimum Gasteiger partial charge on any atom is -0.279 e. The van der Waals surface area contributed by atoms with Gasteiger partial charge in [0.1, 0.15) is 11.6 Å². The third-order valence-corrected chi connectivity index (χ3v) is 3.54. The van der Waals surface area contributed by atoms with Crippen LogP contribution in [-0.2, 0) is 19.5 Å². The standard InChI is InChI=1S/C12H12ClFN4O/c13-9-5-8(14)6-15-10(9)7-18-12(19)17-4-2-1-3-11(17)16-18/h5-6H,1-4,7H2. The Labute approximate surface area is 113 Å². The molecule has 1 aliphatic heterocycles. The number of hydrogen-bond acceptors (Lipinski definition) is 3. The first-order valence-electron chi connectivity index (χ1n) is 6.11. The molecule has 100 valence electrons. The molecule has 7 heteroatoms. The molecule has 0 atom stereocenters. The molecule has 0 fully saturated rings. The molecule has 0 aliphatic carbocycles. The molecule has 0 aromatic carbocycles. The van der Waals surface area contributed by atoms with Crippen LogP contribution < -0.4 is 5.69 Å². The maximum absolute atomic E-state index is 12.9. The summed E-state index contributed by atoms with van der Waals surface area (Å²) in [4.78, 5) is 16.0. The molecule has 0 saturated carbocycles. The van der Waals surface area contributed by atoms with Gasteiger partial charge in [0.05, 0.1) is 23.5 Å². The highest BCUT2D eigenvalue weighted by molar-refractivity contribution is 6.31. The van der Waals surface area contributed by atoms with Crippen LogP contribution in [0.15, 0.2) is 17.1 Å². The highest BCUT2D eigenvalue weighted by atomic mass is 35.5. The summed E-state index contributed by atoms with van der Waals surface area (Å²) >= 11 is 5.91. The fraction of sp³-hybridized carbons (Fsp3) is 0.417. The molecule has 0 amide bonds. The maximum atomic E-state index is 12.9. The van der Waals surface area contributed by atoms with Crippen LogP contribution >= 0.6 is 11.6 Å². The minimum atomic E-state index is -0.495. The number of halogens is 2. The Bertz CT molecular complexity index is 679. The Balaban J connectivity index is 1.95. The molecule has 0 unspecified atom stereocenters. The van der Waals surface area contributed by atoms with Crippen LogP contribution in [0.25, 0.3) is 0 Å². The Kier molecular flexibility index (Phi) is 3.10. The summed E-state index contributed by atoms with van der Waals surface area (Å²) in [6.07, 6.45) is 3.94. The van der Waals surface area contributed by atoms with Crippen molar-refractivity contribution in [1.29, 1.82) is 0 Å². The van der Waals surface area contributed by atoms with Crippen molar-refractivity contribution in [3.8, 4) is 0 Å². The molecule has 0 spiro atoms. The van der Waals surface area contributed by atoms with Crippen molar-refractivity contribution < 1.29 is 4.39 Å². The first-order chi connectivity index (χ1) is 9.15. The van der Waals surface area contributed by atoms with Crippen molar-refractivity contribution in [2.24, 2.45) is 0 Å². The second kappa shape index (κ2) is 4.77. The smallest absolute Gasteiger partial charge is 0.279 e. The predicted octanol–water partition coefficient (Wildman–Crippen LogP) is 1.62. The zero-order valence-electron chi connectivity index (χ0n) is 10.1. The zero-order valence-corrected chi connectivity index (χ0v) is 10.9. The molecule has 2 aromatic rings. The van der Waals surface area contributed by atoms with Gasteiger partial charge in [0, 0.05) is 13.0 Å². The van der Waals surface area contributed by atoms with Gasteiger partial charge in [-0.05, 0) is 18.9 Å².